The number of carbonyl (C=O) groups is 1. The fourth-order valence-corrected chi connectivity index (χ4v) is 2.92. The van der Waals surface area contributed by atoms with Gasteiger partial charge >= 0.3 is 0 Å². The molecule has 2 rings (SSSR count). The number of morpholine rings is 1. The minimum atomic E-state index is -0.418. The van der Waals surface area contributed by atoms with E-state index in [1.807, 2.05) is 25.7 Å². The zero-order chi connectivity index (χ0) is 13.3. The maximum atomic E-state index is 12.5. The summed E-state index contributed by atoms with van der Waals surface area (Å²) in [7, 11) is 0. The third kappa shape index (κ3) is 3.61. The fourth-order valence-electron chi connectivity index (χ4n) is 2.92. The standard InChI is InChI=1S/C14H26N2O2.ClH/c1-14(2,3)12(15)13(17)16-8-9-18-11-7-5-4-6-10(11)16;/h10-12H,4-9,15H2,1-3H3;1H/t10?,11?,12-;/m1./s1. The highest BCUT2D eigenvalue weighted by Crippen LogP contribution is 2.30. The first kappa shape index (κ1) is 16.7. The Kier molecular flexibility index (Phi) is 5.65. The number of halogens is 1. The van der Waals surface area contributed by atoms with E-state index >= 15 is 0 Å². The average Bonchev–Trinajstić information content (AvgIpc) is 2.35. The van der Waals surface area contributed by atoms with E-state index in [0.717, 1.165) is 12.8 Å². The molecule has 2 fully saturated rings. The molecule has 4 nitrogen and oxygen atoms in total. The van der Waals surface area contributed by atoms with Crippen LogP contribution in [0.15, 0.2) is 0 Å². The van der Waals surface area contributed by atoms with Crippen molar-refractivity contribution in [2.24, 2.45) is 11.1 Å². The van der Waals surface area contributed by atoms with Gasteiger partial charge in [0.2, 0.25) is 5.91 Å². The lowest BCUT2D eigenvalue weighted by Crippen LogP contribution is -2.60. The molecule has 1 aliphatic carbocycles. The van der Waals surface area contributed by atoms with E-state index in [1.165, 1.54) is 12.8 Å². The molecule has 112 valence electrons. The molecule has 5 heteroatoms. The third-order valence-electron chi connectivity index (χ3n) is 4.21. The first-order valence-electron chi connectivity index (χ1n) is 7.09. The lowest BCUT2D eigenvalue weighted by Gasteiger charge is -2.45. The van der Waals surface area contributed by atoms with Crippen molar-refractivity contribution in [2.75, 3.05) is 13.2 Å². The highest BCUT2D eigenvalue weighted by molar-refractivity contribution is 5.85. The van der Waals surface area contributed by atoms with Gasteiger partial charge in [0, 0.05) is 6.54 Å². The Labute approximate surface area is 122 Å². The highest BCUT2D eigenvalue weighted by atomic mass is 35.5. The molecule has 1 aliphatic heterocycles. The molecule has 1 heterocycles. The van der Waals surface area contributed by atoms with Crippen LogP contribution in [0.2, 0.25) is 0 Å². The molecule has 1 saturated carbocycles. The van der Waals surface area contributed by atoms with Gasteiger partial charge in [0.1, 0.15) is 0 Å². The molecule has 0 bridgehead atoms. The molecule has 0 aromatic heterocycles. The zero-order valence-corrected chi connectivity index (χ0v) is 13.0. The lowest BCUT2D eigenvalue weighted by atomic mass is 9.84. The van der Waals surface area contributed by atoms with Crippen LogP contribution in [0.4, 0.5) is 0 Å². The molecule has 0 aromatic carbocycles. The molecule has 2 N–H and O–H groups in total. The minimum Gasteiger partial charge on any atom is -0.374 e. The molecule has 19 heavy (non-hydrogen) atoms. The highest BCUT2D eigenvalue weighted by Gasteiger charge is 2.40. The summed E-state index contributed by atoms with van der Waals surface area (Å²) in [5.41, 5.74) is 5.93. The van der Waals surface area contributed by atoms with Gasteiger partial charge < -0.3 is 15.4 Å². The summed E-state index contributed by atoms with van der Waals surface area (Å²) in [5.74, 6) is 0.0997. The molecule has 0 spiro atoms. The van der Waals surface area contributed by atoms with Crippen LogP contribution >= 0.6 is 12.4 Å². The van der Waals surface area contributed by atoms with Crippen LogP contribution < -0.4 is 5.73 Å². The number of nitrogens with zero attached hydrogens (tertiary/aromatic N) is 1. The molecular formula is C14H27ClN2O2. The largest absolute Gasteiger partial charge is 0.374 e. The SMILES string of the molecule is CC(C)(C)[C@H](N)C(=O)N1CCOC2CCCCC21.Cl. The minimum absolute atomic E-state index is 0. The van der Waals surface area contributed by atoms with Crippen LogP contribution in [0.1, 0.15) is 46.5 Å². The van der Waals surface area contributed by atoms with Gasteiger partial charge in [-0.15, -0.1) is 12.4 Å². The number of nitrogens with two attached hydrogens (primary N) is 1. The van der Waals surface area contributed by atoms with Crippen molar-refractivity contribution in [3.63, 3.8) is 0 Å². The van der Waals surface area contributed by atoms with Gasteiger partial charge in [-0.25, -0.2) is 0 Å². The van der Waals surface area contributed by atoms with Crippen LogP contribution in [0.25, 0.3) is 0 Å². The van der Waals surface area contributed by atoms with E-state index in [1.54, 1.807) is 0 Å². The average molecular weight is 291 g/mol. The maximum absolute atomic E-state index is 12.5. The third-order valence-corrected chi connectivity index (χ3v) is 4.21. The number of amides is 1. The van der Waals surface area contributed by atoms with Gasteiger partial charge in [0.15, 0.2) is 0 Å². The van der Waals surface area contributed by atoms with Crippen molar-refractivity contribution in [1.29, 1.82) is 0 Å². The van der Waals surface area contributed by atoms with Crippen LogP contribution in [0.5, 0.6) is 0 Å². The predicted molar refractivity (Wildman–Crippen MR) is 78.4 cm³/mol. The number of rotatable bonds is 1. The van der Waals surface area contributed by atoms with Gasteiger partial charge in [0.25, 0.3) is 0 Å². The first-order valence-corrected chi connectivity index (χ1v) is 7.09. The fraction of sp³-hybridized carbons (Fsp3) is 0.929. The van der Waals surface area contributed by atoms with E-state index in [9.17, 15) is 4.79 Å². The number of fused-ring (bicyclic) bond motifs is 1. The number of hydrogen-bond donors (Lipinski definition) is 1. The summed E-state index contributed by atoms with van der Waals surface area (Å²) in [6.07, 6.45) is 4.80. The Hall–Kier alpha value is -0.320. The van der Waals surface area contributed by atoms with Gasteiger partial charge in [-0.2, -0.15) is 0 Å². The number of ether oxygens (including phenoxy) is 1. The van der Waals surface area contributed by atoms with Crippen LogP contribution in [0, 0.1) is 5.41 Å². The topological polar surface area (TPSA) is 55.6 Å². The van der Waals surface area contributed by atoms with Crippen LogP contribution in [-0.2, 0) is 9.53 Å². The van der Waals surface area contributed by atoms with Crippen molar-refractivity contribution in [1.82, 2.24) is 4.90 Å². The van der Waals surface area contributed by atoms with Crippen molar-refractivity contribution in [3.8, 4) is 0 Å². The van der Waals surface area contributed by atoms with Crippen LogP contribution in [-0.4, -0.2) is 42.1 Å². The Morgan fingerprint density at radius 3 is 2.58 bits per heavy atom. The zero-order valence-electron chi connectivity index (χ0n) is 12.2. The molecule has 0 radical (unpaired) electrons. The molecule has 1 saturated heterocycles. The van der Waals surface area contributed by atoms with Gasteiger partial charge in [0.05, 0.1) is 24.8 Å². The van der Waals surface area contributed by atoms with E-state index in [2.05, 4.69) is 0 Å². The molecule has 2 unspecified atom stereocenters. The normalized spacial score (nSPS) is 29.2. The summed E-state index contributed by atoms with van der Waals surface area (Å²) in [6, 6.07) is -0.161. The number of carbonyl (C=O) groups excluding carboxylic acids is 1. The molecular weight excluding hydrogens is 264 g/mol. The Morgan fingerprint density at radius 1 is 1.32 bits per heavy atom. The Balaban J connectivity index is 0.00000180. The second-order valence-electron chi connectivity index (χ2n) is 6.64. The molecule has 2 aliphatic rings. The van der Waals surface area contributed by atoms with E-state index < -0.39 is 6.04 Å². The van der Waals surface area contributed by atoms with Gasteiger partial charge in [-0.05, 0) is 18.3 Å². The van der Waals surface area contributed by atoms with E-state index in [-0.39, 0.29) is 35.9 Å². The van der Waals surface area contributed by atoms with Gasteiger partial charge in [-0.1, -0.05) is 33.6 Å². The van der Waals surface area contributed by atoms with Crippen molar-refractivity contribution in [2.45, 2.75) is 64.6 Å². The molecule has 1 amide bonds. The van der Waals surface area contributed by atoms with E-state index in [4.69, 9.17) is 10.5 Å². The summed E-state index contributed by atoms with van der Waals surface area (Å²) in [4.78, 5) is 14.5. The van der Waals surface area contributed by atoms with Crippen molar-refractivity contribution in [3.05, 3.63) is 0 Å². The monoisotopic (exact) mass is 290 g/mol. The Morgan fingerprint density at radius 2 is 1.95 bits per heavy atom. The van der Waals surface area contributed by atoms with Gasteiger partial charge in [-0.3, -0.25) is 4.79 Å². The van der Waals surface area contributed by atoms with Crippen LogP contribution in [0.3, 0.4) is 0 Å². The van der Waals surface area contributed by atoms with E-state index in [0.29, 0.717) is 13.2 Å². The molecule has 0 aromatic rings. The maximum Gasteiger partial charge on any atom is 0.240 e. The smallest absolute Gasteiger partial charge is 0.240 e. The summed E-state index contributed by atoms with van der Waals surface area (Å²) in [6.45, 7) is 7.42. The predicted octanol–water partition coefficient (Wildman–Crippen LogP) is 1.95. The summed E-state index contributed by atoms with van der Waals surface area (Å²) in [5, 5.41) is 0. The number of hydrogen-bond acceptors (Lipinski definition) is 3. The molecule has 3 atom stereocenters. The quantitative estimate of drug-likeness (QED) is 0.803. The summed E-state index contributed by atoms with van der Waals surface area (Å²) < 4.78 is 5.79. The second-order valence-corrected chi connectivity index (χ2v) is 6.64. The van der Waals surface area contributed by atoms with Crippen molar-refractivity contribution >= 4 is 18.3 Å². The van der Waals surface area contributed by atoms with Crippen molar-refractivity contribution < 1.29 is 9.53 Å². The first-order chi connectivity index (χ1) is 8.41. The second kappa shape index (κ2) is 6.42. The Bertz CT molecular complexity index is 315. The lowest BCUT2D eigenvalue weighted by molar-refractivity contribution is -0.153. The summed E-state index contributed by atoms with van der Waals surface area (Å²) >= 11 is 0.